The van der Waals surface area contributed by atoms with Gasteiger partial charge in [0.05, 0.1) is 23.1 Å². The lowest BCUT2D eigenvalue weighted by atomic mass is 9.88. The largest absolute Gasteiger partial charge is 0.490 e. The van der Waals surface area contributed by atoms with Gasteiger partial charge in [-0.2, -0.15) is 10.2 Å². The van der Waals surface area contributed by atoms with Gasteiger partial charge in [0.15, 0.2) is 6.10 Å². The predicted molar refractivity (Wildman–Crippen MR) is 223 cm³/mol. The van der Waals surface area contributed by atoms with Gasteiger partial charge in [0, 0.05) is 41.2 Å². The molecule has 3 unspecified atom stereocenters. The number of benzene rings is 4. The smallest absolute Gasteiger partial charge is 0.343 e. The Hall–Kier alpha value is -8.13. The van der Waals surface area contributed by atoms with Gasteiger partial charge in [-0.3, -0.25) is 0 Å². The maximum Gasteiger partial charge on any atom is 0.343 e. The van der Waals surface area contributed by atoms with Crippen LogP contribution in [0.15, 0.2) is 163 Å². The normalized spacial score (nSPS) is 15.7. The summed E-state index contributed by atoms with van der Waals surface area (Å²) in [6.07, 6.45) is 11.6. The summed E-state index contributed by atoms with van der Waals surface area (Å²) in [4.78, 5) is 61.2. The molecule has 0 aromatic heterocycles. The number of hydrogen-bond acceptors (Lipinski definition) is 14. The number of fused-ring (bicyclic) bond motifs is 3. The molecular weight excluding hydrogens is 785 g/mol. The monoisotopic (exact) mass is 822 g/mol. The Morgan fingerprint density at radius 1 is 0.639 bits per heavy atom. The fourth-order valence-corrected chi connectivity index (χ4v) is 6.09. The van der Waals surface area contributed by atoms with Crippen molar-refractivity contribution in [2.45, 2.75) is 12.0 Å². The summed E-state index contributed by atoms with van der Waals surface area (Å²) in [6.45, 7) is 9.22. The van der Waals surface area contributed by atoms with Gasteiger partial charge >= 0.3 is 29.8 Å². The predicted octanol–water partition coefficient (Wildman–Crippen LogP) is 7.06. The van der Waals surface area contributed by atoms with Crippen LogP contribution in [0.4, 0.5) is 0 Å². The second-order valence-electron chi connectivity index (χ2n) is 13.0. The summed E-state index contributed by atoms with van der Waals surface area (Å²) in [6, 6.07) is 24.4. The Morgan fingerprint density at radius 3 is 1.93 bits per heavy atom. The molecule has 0 aliphatic heterocycles. The van der Waals surface area contributed by atoms with Crippen LogP contribution in [0.3, 0.4) is 0 Å². The fourth-order valence-electron chi connectivity index (χ4n) is 6.09. The van der Waals surface area contributed by atoms with Crippen LogP contribution in [-0.2, 0) is 28.6 Å². The van der Waals surface area contributed by atoms with Crippen molar-refractivity contribution < 1.29 is 57.1 Å². The molecule has 0 heterocycles. The van der Waals surface area contributed by atoms with Crippen molar-refractivity contribution in [3.63, 3.8) is 0 Å². The molecular formula is C47H38N2O12. The molecule has 0 fully saturated rings. The van der Waals surface area contributed by atoms with Gasteiger partial charge in [0.25, 0.3) is 0 Å². The maximum absolute atomic E-state index is 13.4. The van der Waals surface area contributed by atoms with Crippen molar-refractivity contribution in [3.8, 4) is 23.0 Å². The number of hydrogen-bond donors (Lipinski definition) is 0. The first-order valence-electron chi connectivity index (χ1n) is 18.7. The zero-order valence-corrected chi connectivity index (χ0v) is 32.5. The number of carbonyl (C=O) groups is 5. The number of rotatable bonds is 18. The molecule has 0 spiro atoms. The number of carbonyl (C=O) groups excluding carboxylic acids is 5. The molecule has 14 nitrogen and oxygen atoms in total. The minimum atomic E-state index is -0.950. The highest BCUT2D eigenvalue weighted by molar-refractivity contribution is 6.09. The average Bonchev–Trinajstić information content (AvgIpc) is 3.61. The van der Waals surface area contributed by atoms with E-state index in [9.17, 15) is 24.0 Å². The Morgan fingerprint density at radius 2 is 1.25 bits per heavy atom. The number of esters is 5. The lowest BCUT2D eigenvalue weighted by molar-refractivity contribution is -0.154. The minimum Gasteiger partial charge on any atom is -0.490 e. The van der Waals surface area contributed by atoms with Crippen LogP contribution in [0.25, 0.3) is 0 Å². The van der Waals surface area contributed by atoms with Crippen LogP contribution >= 0.6 is 0 Å². The first kappa shape index (κ1) is 42.5. The Bertz CT molecular complexity index is 2450. The highest BCUT2D eigenvalue weighted by Crippen LogP contribution is 2.41. The zero-order valence-electron chi connectivity index (χ0n) is 32.5. The quantitative estimate of drug-likeness (QED) is 0.0190. The molecule has 0 radical (unpaired) electrons. The van der Waals surface area contributed by atoms with Crippen molar-refractivity contribution in [2.75, 3.05) is 20.0 Å². The van der Waals surface area contributed by atoms with E-state index in [4.69, 9.17) is 33.2 Å². The van der Waals surface area contributed by atoms with E-state index in [1.807, 2.05) is 30.4 Å². The fraction of sp³-hybridized carbons (Fsp3) is 0.128. The van der Waals surface area contributed by atoms with E-state index in [1.165, 1.54) is 72.9 Å². The van der Waals surface area contributed by atoms with Gasteiger partial charge in [0.1, 0.15) is 36.2 Å². The second-order valence-corrected chi connectivity index (χ2v) is 13.0. The Labute approximate surface area is 350 Å². The van der Waals surface area contributed by atoms with Gasteiger partial charge < -0.3 is 33.2 Å². The molecule has 0 amide bonds. The molecule has 0 saturated carbocycles. The van der Waals surface area contributed by atoms with Crippen LogP contribution in [-0.4, -0.2) is 67.9 Å². The summed E-state index contributed by atoms with van der Waals surface area (Å²) in [5.41, 5.74) is 3.54. The standard InChI is InChI=1S/C47H38N2O12/c1-4-42(50)56-28-36(59-44(52)6-3)27-55-33-19-15-31(16-20-33)47(54)61-41-24-23-35(60-46(53)30-17-21-34(22-18-30)57-29-58-43(51)5-2)25-32(41)26-48-49-45-39-13-9-7-11-37(39)38-12-8-10-14-40(38)45/h4-26,36-37,39H,1-3,27-29H2/b48-26+,49-45-. The molecule has 0 N–H and O–H groups in total. The third-order valence-electron chi connectivity index (χ3n) is 9.04. The molecule has 61 heavy (non-hydrogen) atoms. The minimum absolute atomic E-state index is 0.0159. The summed E-state index contributed by atoms with van der Waals surface area (Å²) in [5.74, 6) is -2.48. The number of allylic oxidation sites excluding steroid dienone is 4. The lowest BCUT2D eigenvalue weighted by Crippen LogP contribution is -2.30. The molecule has 308 valence electrons. The van der Waals surface area contributed by atoms with Crippen molar-refractivity contribution in [1.29, 1.82) is 0 Å². The number of nitrogens with zero attached hydrogens (tertiary/aromatic N) is 2. The van der Waals surface area contributed by atoms with E-state index in [-0.39, 0.29) is 60.0 Å². The van der Waals surface area contributed by atoms with Crippen LogP contribution < -0.4 is 18.9 Å². The third-order valence-corrected chi connectivity index (χ3v) is 9.04. The van der Waals surface area contributed by atoms with Crippen LogP contribution in [0.1, 0.15) is 43.3 Å². The topological polar surface area (TPSA) is 175 Å². The van der Waals surface area contributed by atoms with E-state index in [0.717, 1.165) is 35.1 Å². The van der Waals surface area contributed by atoms with Gasteiger partial charge in [-0.15, -0.1) is 0 Å². The Kier molecular flexibility index (Phi) is 14.3. The molecule has 3 atom stereocenters. The zero-order chi connectivity index (χ0) is 43.1. The first-order chi connectivity index (χ1) is 29.6. The van der Waals surface area contributed by atoms with E-state index in [2.05, 4.69) is 48.2 Å². The van der Waals surface area contributed by atoms with E-state index < -0.39 is 36.0 Å². The van der Waals surface area contributed by atoms with Gasteiger partial charge in [-0.1, -0.05) is 68.3 Å². The lowest BCUT2D eigenvalue weighted by Gasteiger charge is -2.17. The molecule has 4 aromatic carbocycles. The third kappa shape index (κ3) is 11.3. The van der Waals surface area contributed by atoms with E-state index in [1.54, 1.807) is 0 Å². The van der Waals surface area contributed by atoms with Crippen LogP contribution in [0, 0.1) is 5.92 Å². The molecule has 0 bridgehead atoms. The average molecular weight is 823 g/mol. The van der Waals surface area contributed by atoms with Crippen molar-refractivity contribution in [1.82, 2.24) is 0 Å². The van der Waals surface area contributed by atoms with Crippen molar-refractivity contribution in [2.24, 2.45) is 16.1 Å². The van der Waals surface area contributed by atoms with E-state index in [0.29, 0.717) is 11.5 Å². The Balaban J connectivity index is 1.19. The van der Waals surface area contributed by atoms with Gasteiger partial charge in [-0.25, -0.2) is 24.0 Å². The summed E-state index contributed by atoms with van der Waals surface area (Å²) >= 11 is 0. The van der Waals surface area contributed by atoms with Crippen molar-refractivity contribution in [3.05, 3.63) is 181 Å². The molecule has 0 saturated heterocycles. The second kappa shape index (κ2) is 20.5. The summed E-state index contributed by atoms with van der Waals surface area (Å²) in [5, 5.41) is 9.04. The van der Waals surface area contributed by atoms with E-state index >= 15 is 0 Å². The molecule has 14 heteroatoms. The highest BCUT2D eigenvalue weighted by Gasteiger charge is 2.35. The first-order valence-corrected chi connectivity index (χ1v) is 18.7. The number of ether oxygens (including phenoxy) is 7. The van der Waals surface area contributed by atoms with Gasteiger partial charge in [0.2, 0.25) is 6.79 Å². The van der Waals surface area contributed by atoms with Crippen molar-refractivity contribution >= 4 is 41.8 Å². The van der Waals surface area contributed by atoms with Crippen LogP contribution in [0.2, 0.25) is 0 Å². The molecule has 2 aliphatic rings. The molecule has 6 rings (SSSR count). The van der Waals surface area contributed by atoms with Crippen LogP contribution in [0.5, 0.6) is 23.0 Å². The maximum atomic E-state index is 13.4. The summed E-state index contributed by atoms with van der Waals surface area (Å²) < 4.78 is 37.5. The highest BCUT2D eigenvalue weighted by atomic mass is 16.7. The van der Waals surface area contributed by atoms with Gasteiger partial charge in [-0.05, 0) is 72.3 Å². The SMILES string of the molecule is C=CC(=O)OCOc1ccc(C(=O)Oc2ccc(OC(=O)c3ccc(OCC(COC(=O)C=C)OC(=O)C=C)cc3)c(/C=N/N=C3\c4ccccc4C4C=CC=CC34)c2)cc1. The summed E-state index contributed by atoms with van der Waals surface area (Å²) in [7, 11) is 0. The molecule has 4 aromatic rings. The molecule has 2 aliphatic carbocycles.